The molecule has 1 atom stereocenters. The van der Waals surface area contributed by atoms with E-state index >= 15 is 0 Å². The summed E-state index contributed by atoms with van der Waals surface area (Å²) in [6, 6.07) is 7.09. The Hall–Kier alpha value is -2.45. The van der Waals surface area contributed by atoms with Gasteiger partial charge in [0.25, 0.3) is 0 Å². The van der Waals surface area contributed by atoms with Gasteiger partial charge in [-0.1, -0.05) is 23.4 Å². The summed E-state index contributed by atoms with van der Waals surface area (Å²) in [6.07, 6.45) is 1.54. The Kier molecular flexibility index (Phi) is 4.60. The van der Waals surface area contributed by atoms with Crippen molar-refractivity contribution in [2.24, 2.45) is 0 Å². The molecule has 0 radical (unpaired) electrons. The molecular formula is C17H15ClN4O3S. The highest BCUT2D eigenvalue weighted by molar-refractivity contribution is 8.00. The Bertz CT molecular complexity index is 978. The molecule has 134 valence electrons. The molecule has 2 N–H and O–H groups in total. The molecule has 1 aliphatic rings. The summed E-state index contributed by atoms with van der Waals surface area (Å²) in [4.78, 5) is 24.1. The van der Waals surface area contributed by atoms with Gasteiger partial charge in [-0.05, 0) is 25.1 Å². The fourth-order valence-corrected chi connectivity index (χ4v) is 3.46. The van der Waals surface area contributed by atoms with Crippen LogP contribution in [0, 0.1) is 0 Å². The van der Waals surface area contributed by atoms with E-state index in [4.69, 9.17) is 21.1 Å². The molecule has 7 nitrogen and oxygen atoms in total. The van der Waals surface area contributed by atoms with Crippen molar-refractivity contribution in [2.75, 3.05) is 18.5 Å². The number of nitrogens with one attached hydrogen (secondary N) is 2. The lowest BCUT2D eigenvalue weighted by Crippen LogP contribution is -2.23. The lowest BCUT2D eigenvalue weighted by molar-refractivity contribution is -0.115. The van der Waals surface area contributed by atoms with Crippen LogP contribution in [0.3, 0.4) is 0 Å². The number of nitrogens with zero attached hydrogens (tertiary/aromatic N) is 2. The van der Waals surface area contributed by atoms with Crippen LogP contribution in [0.25, 0.3) is 11.2 Å². The smallest absolute Gasteiger partial charge is 0.237 e. The molecule has 0 spiro atoms. The maximum absolute atomic E-state index is 12.5. The Morgan fingerprint density at radius 2 is 2.12 bits per heavy atom. The van der Waals surface area contributed by atoms with Crippen molar-refractivity contribution in [3.63, 3.8) is 0 Å². The summed E-state index contributed by atoms with van der Waals surface area (Å²) in [7, 11) is 0. The summed E-state index contributed by atoms with van der Waals surface area (Å²) in [6.45, 7) is 2.84. The molecule has 0 aliphatic carbocycles. The van der Waals surface area contributed by atoms with Crippen molar-refractivity contribution in [1.29, 1.82) is 0 Å². The summed E-state index contributed by atoms with van der Waals surface area (Å²) in [5.41, 5.74) is 1.96. The molecule has 9 heteroatoms. The SMILES string of the molecule is C[C@H](Sc1nc2ncc(Cl)cc2[nH]1)C(=O)Nc1ccc2c(c1)OCCO2. The Morgan fingerprint density at radius 1 is 1.31 bits per heavy atom. The lowest BCUT2D eigenvalue weighted by atomic mass is 10.2. The number of ether oxygens (including phenoxy) is 2. The van der Waals surface area contributed by atoms with Crippen molar-refractivity contribution >= 4 is 46.1 Å². The molecule has 3 aromatic rings. The number of imidazole rings is 1. The standard InChI is InChI=1S/C17H15ClN4O3S/c1-9(26-17-21-12-6-10(18)8-19-15(12)22-17)16(23)20-11-2-3-13-14(7-11)25-5-4-24-13/h2-3,6-9H,4-5H2,1H3,(H,20,23)(H,19,21,22)/t9-/m0/s1. The number of aromatic nitrogens is 3. The number of amides is 1. The molecule has 1 aliphatic heterocycles. The summed E-state index contributed by atoms with van der Waals surface area (Å²) in [5, 5.41) is 3.66. The third-order valence-electron chi connectivity index (χ3n) is 3.75. The molecular weight excluding hydrogens is 376 g/mol. The van der Waals surface area contributed by atoms with Gasteiger partial charge in [-0.3, -0.25) is 4.79 Å². The first-order valence-corrected chi connectivity index (χ1v) is 9.23. The van der Waals surface area contributed by atoms with Gasteiger partial charge in [0.2, 0.25) is 5.91 Å². The maximum Gasteiger partial charge on any atom is 0.237 e. The lowest BCUT2D eigenvalue weighted by Gasteiger charge is -2.19. The zero-order valence-corrected chi connectivity index (χ0v) is 15.4. The Balaban J connectivity index is 1.43. The number of hydrogen-bond acceptors (Lipinski definition) is 6. The van der Waals surface area contributed by atoms with Crippen LogP contribution in [0.15, 0.2) is 35.6 Å². The van der Waals surface area contributed by atoms with Crippen LogP contribution in [-0.4, -0.2) is 39.3 Å². The average Bonchev–Trinajstić information content (AvgIpc) is 3.02. The highest BCUT2D eigenvalue weighted by atomic mass is 35.5. The van der Waals surface area contributed by atoms with Crippen LogP contribution in [0.4, 0.5) is 5.69 Å². The second kappa shape index (κ2) is 7.05. The Labute approximate surface area is 158 Å². The van der Waals surface area contributed by atoms with E-state index in [1.165, 1.54) is 18.0 Å². The number of thioether (sulfide) groups is 1. The van der Waals surface area contributed by atoms with Crippen LogP contribution in [0.1, 0.15) is 6.92 Å². The van der Waals surface area contributed by atoms with Crippen LogP contribution >= 0.6 is 23.4 Å². The third kappa shape index (κ3) is 3.56. The van der Waals surface area contributed by atoms with Crippen LogP contribution in [0.2, 0.25) is 5.02 Å². The topological polar surface area (TPSA) is 89.1 Å². The average molecular weight is 391 g/mol. The highest BCUT2D eigenvalue weighted by Gasteiger charge is 2.19. The molecule has 0 unspecified atom stereocenters. The number of anilines is 1. The van der Waals surface area contributed by atoms with Crippen molar-refractivity contribution in [3.05, 3.63) is 35.5 Å². The van der Waals surface area contributed by atoms with Crippen LogP contribution in [-0.2, 0) is 4.79 Å². The van der Waals surface area contributed by atoms with Gasteiger partial charge in [0.05, 0.1) is 15.8 Å². The minimum absolute atomic E-state index is 0.141. The molecule has 0 fully saturated rings. The maximum atomic E-state index is 12.5. The second-order valence-corrected chi connectivity index (χ2v) is 7.44. The van der Waals surface area contributed by atoms with E-state index in [1.807, 2.05) is 6.92 Å². The number of fused-ring (bicyclic) bond motifs is 2. The van der Waals surface area contributed by atoms with Gasteiger partial charge in [-0.15, -0.1) is 0 Å². The van der Waals surface area contributed by atoms with E-state index in [2.05, 4.69) is 20.3 Å². The number of carbonyl (C=O) groups excluding carboxylic acids is 1. The van der Waals surface area contributed by atoms with E-state index in [0.29, 0.717) is 46.2 Å². The molecule has 1 amide bonds. The van der Waals surface area contributed by atoms with E-state index in [0.717, 1.165) is 5.52 Å². The Morgan fingerprint density at radius 3 is 2.96 bits per heavy atom. The molecule has 26 heavy (non-hydrogen) atoms. The summed E-state index contributed by atoms with van der Waals surface area (Å²) < 4.78 is 11.0. The largest absolute Gasteiger partial charge is 0.486 e. The van der Waals surface area contributed by atoms with Gasteiger partial charge in [-0.25, -0.2) is 9.97 Å². The minimum Gasteiger partial charge on any atom is -0.486 e. The van der Waals surface area contributed by atoms with Gasteiger partial charge in [0.15, 0.2) is 22.3 Å². The first-order chi connectivity index (χ1) is 12.6. The summed E-state index contributed by atoms with van der Waals surface area (Å²) >= 11 is 7.24. The van der Waals surface area contributed by atoms with Gasteiger partial charge in [0, 0.05) is 18.0 Å². The van der Waals surface area contributed by atoms with Crippen molar-refractivity contribution in [2.45, 2.75) is 17.3 Å². The number of pyridine rings is 1. The third-order valence-corrected chi connectivity index (χ3v) is 4.94. The normalized spacial score (nSPS) is 14.2. The molecule has 0 saturated carbocycles. The molecule has 0 bridgehead atoms. The predicted octanol–water partition coefficient (Wildman–Crippen LogP) is 3.50. The van der Waals surface area contributed by atoms with E-state index < -0.39 is 0 Å². The number of halogens is 1. The van der Waals surface area contributed by atoms with E-state index in [9.17, 15) is 4.79 Å². The zero-order valence-electron chi connectivity index (χ0n) is 13.8. The molecule has 1 aromatic carbocycles. The fourth-order valence-electron chi connectivity index (χ4n) is 2.49. The van der Waals surface area contributed by atoms with Gasteiger partial charge < -0.3 is 19.8 Å². The number of hydrogen-bond donors (Lipinski definition) is 2. The minimum atomic E-state index is -0.362. The molecule has 4 rings (SSSR count). The summed E-state index contributed by atoms with van der Waals surface area (Å²) in [5.74, 6) is 1.18. The van der Waals surface area contributed by atoms with Crippen LogP contribution < -0.4 is 14.8 Å². The zero-order chi connectivity index (χ0) is 18.1. The van der Waals surface area contributed by atoms with Crippen molar-refractivity contribution < 1.29 is 14.3 Å². The van der Waals surface area contributed by atoms with Gasteiger partial charge in [0.1, 0.15) is 13.2 Å². The number of rotatable bonds is 4. The first-order valence-electron chi connectivity index (χ1n) is 7.97. The highest BCUT2D eigenvalue weighted by Crippen LogP contribution is 2.33. The van der Waals surface area contributed by atoms with Crippen LogP contribution in [0.5, 0.6) is 11.5 Å². The molecule has 2 aromatic heterocycles. The number of H-pyrrole nitrogens is 1. The monoisotopic (exact) mass is 390 g/mol. The first kappa shape index (κ1) is 17.0. The number of benzene rings is 1. The predicted molar refractivity (Wildman–Crippen MR) is 100 cm³/mol. The number of carbonyl (C=O) groups is 1. The van der Waals surface area contributed by atoms with Gasteiger partial charge in [-0.2, -0.15) is 0 Å². The number of aromatic amines is 1. The van der Waals surface area contributed by atoms with Crippen molar-refractivity contribution in [3.8, 4) is 11.5 Å². The molecule has 3 heterocycles. The second-order valence-electron chi connectivity index (χ2n) is 5.67. The van der Waals surface area contributed by atoms with Gasteiger partial charge >= 0.3 is 0 Å². The van der Waals surface area contributed by atoms with E-state index in [1.54, 1.807) is 24.3 Å². The quantitative estimate of drug-likeness (QED) is 0.663. The van der Waals surface area contributed by atoms with E-state index in [-0.39, 0.29) is 11.2 Å². The fraction of sp³-hybridized carbons (Fsp3) is 0.235. The van der Waals surface area contributed by atoms with Crippen molar-refractivity contribution in [1.82, 2.24) is 15.0 Å². The molecule has 0 saturated heterocycles.